The first-order chi connectivity index (χ1) is 16.6. The van der Waals surface area contributed by atoms with Crippen molar-refractivity contribution >= 4 is 68.0 Å². The molecule has 2 amide bonds. The first-order valence-electron chi connectivity index (χ1n) is 10.1. The summed E-state index contributed by atoms with van der Waals surface area (Å²) in [6, 6.07) is 15.7. The van der Waals surface area contributed by atoms with E-state index in [4.69, 9.17) is 21.7 Å². The topological polar surface area (TPSA) is 140 Å². The van der Waals surface area contributed by atoms with Crippen molar-refractivity contribution in [2.75, 3.05) is 34.1 Å². The van der Waals surface area contributed by atoms with Crippen molar-refractivity contribution in [2.24, 2.45) is 0 Å². The van der Waals surface area contributed by atoms with Crippen molar-refractivity contribution in [3.8, 4) is 0 Å². The standard InChI is InChI=1S/C22H19ClN4O6S2/c23-19-10-9-18(34-19)21(29)27(13-35(30,31)32)17-4-2-1-3-16(17)20(28)25-14-5-7-15(8-6-14)26-11-12-33-22(26)24/h1-10,24H,11-13H2,(H,25,28)(H,30,31,32). The summed E-state index contributed by atoms with van der Waals surface area (Å²) in [7, 11) is -4.62. The number of rotatable bonds is 7. The number of halogens is 1. The third kappa shape index (κ3) is 5.80. The lowest BCUT2D eigenvalue weighted by Gasteiger charge is -2.23. The second-order valence-electron chi connectivity index (χ2n) is 7.37. The van der Waals surface area contributed by atoms with E-state index in [9.17, 15) is 22.6 Å². The van der Waals surface area contributed by atoms with Crippen LogP contribution >= 0.6 is 22.9 Å². The highest BCUT2D eigenvalue weighted by molar-refractivity contribution is 7.85. The minimum Gasteiger partial charge on any atom is -0.463 e. The van der Waals surface area contributed by atoms with Gasteiger partial charge in [-0.05, 0) is 48.5 Å². The number of amidine groups is 1. The van der Waals surface area contributed by atoms with Crippen LogP contribution in [-0.2, 0) is 14.9 Å². The predicted molar refractivity (Wildman–Crippen MR) is 134 cm³/mol. The molecule has 0 spiro atoms. The molecule has 2 heterocycles. The van der Waals surface area contributed by atoms with Crippen molar-refractivity contribution in [3.63, 3.8) is 0 Å². The van der Waals surface area contributed by atoms with Gasteiger partial charge in [-0.25, -0.2) is 0 Å². The molecule has 0 aliphatic carbocycles. The molecule has 2 aromatic carbocycles. The molecule has 3 N–H and O–H groups in total. The Bertz CT molecular complexity index is 1390. The number of amides is 2. The number of nitrogens with one attached hydrogen (secondary N) is 2. The van der Waals surface area contributed by atoms with Crippen molar-refractivity contribution < 1.29 is 27.3 Å². The van der Waals surface area contributed by atoms with Crippen molar-refractivity contribution in [2.45, 2.75) is 0 Å². The summed E-state index contributed by atoms with van der Waals surface area (Å²) in [5, 5.41) is 10.5. The number of thiophene rings is 1. The Labute approximate surface area is 209 Å². The van der Waals surface area contributed by atoms with Crippen LogP contribution in [-0.4, -0.2) is 49.8 Å². The van der Waals surface area contributed by atoms with Crippen LogP contribution < -0.4 is 15.1 Å². The van der Waals surface area contributed by atoms with Crippen LogP contribution in [0, 0.1) is 5.41 Å². The van der Waals surface area contributed by atoms with E-state index in [1.165, 1.54) is 24.3 Å². The highest BCUT2D eigenvalue weighted by Crippen LogP contribution is 2.29. The molecule has 0 atom stereocenters. The van der Waals surface area contributed by atoms with Gasteiger partial charge in [0.2, 0.25) is 0 Å². The SMILES string of the molecule is N=C1OCCN1c1ccc(NC(=O)c2ccccc2N(CS(=O)(=O)O)C(=O)c2ccc(Cl)s2)cc1. The van der Waals surface area contributed by atoms with Crippen LogP contribution in [0.15, 0.2) is 60.7 Å². The van der Waals surface area contributed by atoms with Crippen LogP contribution in [0.3, 0.4) is 0 Å². The molecule has 0 radical (unpaired) electrons. The molecule has 0 unspecified atom stereocenters. The number of carbonyl (C=O) groups excluding carboxylic acids is 2. The second-order valence-corrected chi connectivity index (χ2v) is 10.5. The lowest BCUT2D eigenvalue weighted by Crippen LogP contribution is -2.36. The molecule has 3 aromatic rings. The first kappa shape index (κ1) is 24.7. The Morgan fingerprint density at radius 1 is 1.14 bits per heavy atom. The zero-order valence-electron chi connectivity index (χ0n) is 18.0. The first-order valence-corrected chi connectivity index (χ1v) is 12.9. The maximum Gasteiger partial charge on any atom is 0.289 e. The fourth-order valence-corrected chi connectivity index (χ4v) is 5.02. The summed E-state index contributed by atoms with van der Waals surface area (Å²) >= 11 is 6.86. The van der Waals surface area contributed by atoms with E-state index in [1.807, 2.05) is 0 Å². The summed E-state index contributed by atoms with van der Waals surface area (Å²) in [6.45, 7) is 0.968. The Hall–Kier alpha value is -3.45. The van der Waals surface area contributed by atoms with Crippen LogP contribution in [0.5, 0.6) is 0 Å². The summed E-state index contributed by atoms with van der Waals surface area (Å²) < 4.78 is 38.3. The Kier molecular flexibility index (Phi) is 7.08. The summed E-state index contributed by atoms with van der Waals surface area (Å²) in [6.07, 6.45) is 0. The van der Waals surface area contributed by atoms with Gasteiger partial charge in [-0.15, -0.1) is 11.3 Å². The third-order valence-corrected chi connectivity index (χ3v) is 6.80. The van der Waals surface area contributed by atoms with E-state index in [0.29, 0.717) is 23.2 Å². The molecular weight excluding hydrogens is 516 g/mol. The monoisotopic (exact) mass is 534 g/mol. The fourth-order valence-electron chi connectivity index (χ4n) is 3.45. The molecular formula is C22H19ClN4O6S2. The van der Waals surface area contributed by atoms with Gasteiger partial charge in [0.15, 0.2) is 5.88 Å². The molecule has 1 fully saturated rings. The highest BCUT2D eigenvalue weighted by Gasteiger charge is 2.28. The number of carbonyl (C=O) groups is 2. The predicted octanol–water partition coefficient (Wildman–Crippen LogP) is 3.92. The maximum atomic E-state index is 13.1. The summed E-state index contributed by atoms with van der Waals surface area (Å²) in [4.78, 5) is 28.8. The Morgan fingerprint density at radius 3 is 2.46 bits per heavy atom. The largest absolute Gasteiger partial charge is 0.463 e. The van der Waals surface area contributed by atoms with Crippen molar-refractivity contribution in [3.05, 3.63) is 75.4 Å². The zero-order chi connectivity index (χ0) is 25.2. The average Bonchev–Trinajstić information content (AvgIpc) is 3.45. The highest BCUT2D eigenvalue weighted by atomic mass is 35.5. The Balaban J connectivity index is 1.61. The summed E-state index contributed by atoms with van der Waals surface area (Å²) in [5.74, 6) is -2.38. The van der Waals surface area contributed by atoms with Gasteiger partial charge in [0, 0.05) is 11.4 Å². The van der Waals surface area contributed by atoms with Crippen LogP contribution in [0.1, 0.15) is 20.0 Å². The van der Waals surface area contributed by atoms with Gasteiger partial charge in [-0.1, -0.05) is 23.7 Å². The molecule has 1 aromatic heterocycles. The van der Waals surface area contributed by atoms with Gasteiger partial charge in [0.25, 0.3) is 28.0 Å². The van der Waals surface area contributed by atoms with Gasteiger partial charge in [0.05, 0.1) is 27.0 Å². The molecule has 1 aliphatic rings. The molecule has 0 bridgehead atoms. The number of anilines is 3. The molecule has 13 heteroatoms. The molecule has 35 heavy (non-hydrogen) atoms. The lowest BCUT2D eigenvalue weighted by atomic mass is 10.1. The minimum atomic E-state index is -4.62. The average molecular weight is 535 g/mol. The van der Waals surface area contributed by atoms with E-state index < -0.39 is 27.8 Å². The maximum absolute atomic E-state index is 13.1. The van der Waals surface area contributed by atoms with Crippen molar-refractivity contribution in [1.29, 1.82) is 5.41 Å². The molecule has 1 aliphatic heterocycles. The van der Waals surface area contributed by atoms with Gasteiger partial charge < -0.3 is 10.1 Å². The van der Waals surface area contributed by atoms with E-state index in [2.05, 4.69) is 5.32 Å². The zero-order valence-corrected chi connectivity index (χ0v) is 20.4. The quantitative estimate of drug-likeness (QED) is 0.390. The number of ether oxygens (including phenoxy) is 1. The van der Waals surface area contributed by atoms with Crippen LogP contribution in [0.4, 0.5) is 17.1 Å². The number of para-hydroxylation sites is 1. The van der Waals surface area contributed by atoms with Crippen LogP contribution in [0.25, 0.3) is 0 Å². The Morgan fingerprint density at radius 2 is 1.86 bits per heavy atom. The third-order valence-electron chi connectivity index (χ3n) is 5.00. The summed E-state index contributed by atoms with van der Waals surface area (Å²) in [5.41, 5.74) is 1.19. The smallest absolute Gasteiger partial charge is 0.289 e. The van der Waals surface area contributed by atoms with Crippen molar-refractivity contribution in [1.82, 2.24) is 0 Å². The molecule has 10 nitrogen and oxygen atoms in total. The van der Waals surface area contributed by atoms with Crippen LogP contribution in [0.2, 0.25) is 4.34 Å². The van der Waals surface area contributed by atoms with E-state index in [-0.39, 0.29) is 22.1 Å². The minimum absolute atomic E-state index is 0.00330. The number of nitrogens with zero attached hydrogens (tertiary/aromatic N) is 2. The molecule has 4 rings (SSSR count). The molecule has 1 saturated heterocycles. The number of hydrogen-bond acceptors (Lipinski definition) is 7. The van der Waals surface area contributed by atoms with Gasteiger partial charge >= 0.3 is 0 Å². The van der Waals surface area contributed by atoms with Gasteiger partial charge in [-0.3, -0.25) is 29.4 Å². The van der Waals surface area contributed by atoms with E-state index in [1.54, 1.807) is 41.3 Å². The number of benzene rings is 2. The van der Waals surface area contributed by atoms with E-state index in [0.717, 1.165) is 21.9 Å². The molecule has 0 saturated carbocycles. The lowest BCUT2D eigenvalue weighted by molar-refractivity contribution is 0.0994. The normalized spacial score (nSPS) is 13.4. The van der Waals surface area contributed by atoms with Gasteiger partial charge in [0.1, 0.15) is 6.61 Å². The fraction of sp³-hybridized carbons (Fsp3) is 0.136. The van der Waals surface area contributed by atoms with E-state index >= 15 is 0 Å². The second kappa shape index (κ2) is 10.0. The number of hydrogen-bond donors (Lipinski definition) is 3. The van der Waals surface area contributed by atoms with Gasteiger partial charge in [-0.2, -0.15) is 8.42 Å². The molecule has 182 valence electrons.